The van der Waals surface area contributed by atoms with E-state index in [1.807, 2.05) is 30.3 Å². The quantitative estimate of drug-likeness (QED) is 0.745. The number of carbonyl (C=O) groups is 1. The minimum absolute atomic E-state index is 0.131. The zero-order valence-corrected chi connectivity index (χ0v) is 12.5. The van der Waals surface area contributed by atoms with Gasteiger partial charge in [-0.2, -0.15) is 9.97 Å². The van der Waals surface area contributed by atoms with Gasteiger partial charge in [0.05, 0.1) is 0 Å². The summed E-state index contributed by atoms with van der Waals surface area (Å²) in [5.74, 6) is 0.980. The van der Waals surface area contributed by atoms with Crippen LogP contribution in [0, 0.1) is 0 Å². The molecule has 1 aromatic heterocycles. The molecule has 0 fully saturated rings. The summed E-state index contributed by atoms with van der Waals surface area (Å²) < 4.78 is 0. The van der Waals surface area contributed by atoms with Crippen molar-refractivity contribution in [3.63, 3.8) is 0 Å². The molecule has 0 bridgehead atoms. The third-order valence-electron chi connectivity index (χ3n) is 4.43. The van der Waals surface area contributed by atoms with Crippen LogP contribution in [0.5, 0.6) is 0 Å². The molecule has 23 heavy (non-hydrogen) atoms. The van der Waals surface area contributed by atoms with Gasteiger partial charge in [-0.3, -0.25) is 4.79 Å². The van der Waals surface area contributed by atoms with Crippen LogP contribution in [0.25, 0.3) is 0 Å². The number of carbonyl (C=O) groups excluding carboxylic acids is 1. The van der Waals surface area contributed by atoms with Gasteiger partial charge in [0.15, 0.2) is 5.78 Å². The molecule has 6 heteroatoms. The van der Waals surface area contributed by atoms with E-state index in [-0.39, 0.29) is 17.6 Å². The van der Waals surface area contributed by atoms with Crippen molar-refractivity contribution in [2.75, 3.05) is 16.8 Å². The maximum Gasteiger partial charge on any atom is 0.223 e. The van der Waals surface area contributed by atoms with Crippen molar-refractivity contribution < 1.29 is 4.79 Å². The van der Waals surface area contributed by atoms with E-state index < -0.39 is 0 Å². The number of hydrogen-bond acceptors (Lipinski definition) is 6. The average molecular weight is 307 g/mol. The van der Waals surface area contributed by atoms with Crippen LogP contribution in [0.3, 0.4) is 0 Å². The summed E-state index contributed by atoms with van der Waals surface area (Å²) in [5, 5.41) is 3.26. The summed E-state index contributed by atoms with van der Waals surface area (Å²) in [7, 11) is 0. The summed E-state index contributed by atoms with van der Waals surface area (Å²) >= 11 is 0. The minimum Gasteiger partial charge on any atom is -0.383 e. The third-order valence-corrected chi connectivity index (χ3v) is 4.43. The fourth-order valence-electron chi connectivity index (χ4n) is 3.48. The normalized spacial score (nSPS) is 19.8. The first-order chi connectivity index (χ1) is 11.1. The molecule has 6 nitrogen and oxygen atoms in total. The molecule has 1 aromatic carbocycles. The van der Waals surface area contributed by atoms with Crippen LogP contribution in [0.15, 0.2) is 41.6 Å². The number of rotatable bonds is 1. The highest BCUT2D eigenvalue weighted by Gasteiger charge is 2.37. The van der Waals surface area contributed by atoms with Crippen molar-refractivity contribution >= 4 is 23.4 Å². The van der Waals surface area contributed by atoms with Crippen LogP contribution >= 0.6 is 0 Å². The van der Waals surface area contributed by atoms with Gasteiger partial charge in [-0.1, -0.05) is 30.3 Å². The number of allylic oxidation sites excluding steroid dienone is 2. The fraction of sp³-hybridized carbons (Fsp3) is 0.235. The molecule has 0 radical (unpaired) electrons. The maximum atomic E-state index is 12.6. The van der Waals surface area contributed by atoms with E-state index in [1.54, 1.807) is 0 Å². The van der Waals surface area contributed by atoms with Gasteiger partial charge in [-0.05, 0) is 18.4 Å². The molecule has 2 aromatic rings. The Bertz CT molecular complexity index is 828. The molecule has 2 aliphatic rings. The molecule has 0 amide bonds. The second-order valence-electron chi connectivity index (χ2n) is 5.87. The van der Waals surface area contributed by atoms with E-state index in [0.29, 0.717) is 18.1 Å². The van der Waals surface area contributed by atoms with Gasteiger partial charge < -0.3 is 16.8 Å². The van der Waals surface area contributed by atoms with Crippen LogP contribution in [-0.2, 0) is 4.79 Å². The summed E-state index contributed by atoms with van der Waals surface area (Å²) in [6.07, 6.45) is 2.24. The topological polar surface area (TPSA) is 107 Å². The number of benzene rings is 1. The molecule has 1 aliphatic carbocycles. The minimum atomic E-state index is -0.240. The lowest BCUT2D eigenvalue weighted by Gasteiger charge is -2.33. The van der Waals surface area contributed by atoms with Gasteiger partial charge in [0.2, 0.25) is 5.95 Å². The molecule has 0 unspecified atom stereocenters. The first-order valence-corrected chi connectivity index (χ1v) is 7.66. The summed E-state index contributed by atoms with van der Waals surface area (Å²) in [4.78, 5) is 21.0. The highest BCUT2D eigenvalue weighted by atomic mass is 16.1. The number of aromatic nitrogens is 2. The maximum absolute atomic E-state index is 12.6. The predicted molar refractivity (Wildman–Crippen MR) is 88.6 cm³/mol. The van der Waals surface area contributed by atoms with Crippen LogP contribution in [-0.4, -0.2) is 15.8 Å². The molecule has 1 atom stereocenters. The van der Waals surface area contributed by atoms with E-state index in [4.69, 9.17) is 11.5 Å². The second kappa shape index (κ2) is 5.08. The number of anilines is 3. The largest absolute Gasteiger partial charge is 0.383 e. The Labute approximate surface area is 133 Å². The lowest BCUT2D eigenvalue weighted by atomic mass is 9.76. The number of nitrogens with zero attached hydrogens (tertiary/aromatic N) is 2. The molecule has 116 valence electrons. The zero-order chi connectivity index (χ0) is 16.0. The van der Waals surface area contributed by atoms with E-state index in [9.17, 15) is 4.79 Å². The Balaban J connectivity index is 1.99. The Hall–Kier alpha value is -2.89. The average Bonchev–Trinajstić information content (AvgIpc) is 2.54. The zero-order valence-electron chi connectivity index (χ0n) is 12.5. The fourth-order valence-corrected chi connectivity index (χ4v) is 3.48. The number of hydrogen-bond donors (Lipinski definition) is 3. The van der Waals surface area contributed by atoms with Gasteiger partial charge in [0, 0.05) is 29.2 Å². The Kier molecular flexibility index (Phi) is 3.04. The summed E-state index contributed by atoms with van der Waals surface area (Å²) in [6, 6.07) is 9.87. The first-order valence-electron chi connectivity index (χ1n) is 7.66. The van der Waals surface area contributed by atoms with Crippen molar-refractivity contribution in [2.45, 2.75) is 25.2 Å². The smallest absolute Gasteiger partial charge is 0.223 e. The number of nitrogens with two attached hydrogens (primary N) is 2. The van der Waals surface area contributed by atoms with Gasteiger partial charge in [0.25, 0.3) is 0 Å². The Morgan fingerprint density at radius 2 is 1.87 bits per heavy atom. The van der Waals surface area contributed by atoms with Crippen molar-refractivity contribution in [2.24, 2.45) is 0 Å². The van der Waals surface area contributed by atoms with Crippen molar-refractivity contribution in [3.8, 4) is 0 Å². The predicted octanol–water partition coefficient (Wildman–Crippen LogP) is 2.21. The molecule has 2 heterocycles. The van der Waals surface area contributed by atoms with Gasteiger partial charge in [-0.25, -0.2) is 0 Å². The highest BCUT2D eigenvalue weighted by molar-refractivity contribution is 6.01. The van der Waals surface area contributed by atoms with E-state index in [0.717, 1.165) is 35.2 Å². The lowest BCUT2D eigenvalue weighted by molar-refractivity contribution is -0.116. The van der Waals surface area contributed by atoms with Gasteiger partial charge >= 0.3 is 0 Å². The number of ketones is 1. The number of nitrogen functional groups attached to an aromatic ring is 2. The van der Waals surface area contributed by atoms with Crippen LogP contribution in [0.2, 0.25) is 0 Å². The number of nitrogens with one attached hydrogen (secondary N) is 1. The molecule has 5 N–H and O–H groups in total. The third kappa shape index (κ3) is 2.14. The van der Waals surface area contributed by atoms with Crippen molar-refractivity contribution in [1.29, 1.82) is 0 Å². The molecule has 0 spiro atoms. The lowest BCUT2D eigenvalue weighted by Crippen LogP contribution is -2.28. The number of Topliss-reactive ketones (excluding diaryl/α,β-unsaturated/α-hetero) is 1. The molecular formula is C17H17N5O. The van der Waals surface area contributed by atoms with Crippen LogP contribution in [0.1, 0.15) is 36.3 Å². The van der Waals surface area contributed by atoms with Crippen molar-refractivity contribution in [3.05, 3.63) is 52.7 Å². The molecule has 1 aliphatic heterocycles. The van der Waals surface area contributed by atoms with Crippen LogP contribution in [0.4, 0.5) is 17.6 Å². The summed E-state index contributed by atoms with van der Waals surface area (Å²) in [5.41, 5.74) is 15.3. The second-order valence-corrected chi connectivity index (χ2v) is 5.87. The summed E-state index contributed by atoms with van der Waals surface area (Å²) in [6.45, 7) is 0. The monoisotopic (exact) mass is 307 g/mol. The molecule has 4 rings (SSSR count). The molecule has 0 saturated carbocycles. The van der Waals surface area contributed by atoms with E-state index in [2.05, 4.69) is 15.3 Å². The Morgan fingerprint density at radius 1 is 1.09 bits per heavy atom. The molecular weight excluding hydrogens is 290 g/mol. The Morgan fingerprint density at radius 3 is 2.65 bits per heavy atom. The van der Waals surface area contributed by atoms with Crippen LogP contribution < -0.4 is 16.8 Å². The van der Waals surface area contributed by atoms with E-state index >= 15 is 0 Å². The molecule has 0 saturated heterocycles. The van der Waals surface area contributed by atoms with Gasteiger partial charge in [0.1, 0.15) is 11.6 Å². The van der Waals surface area contributed by atoms with Gasteiger partial charge in [-0.15, -0.1) is 0 Å². The standard InChI is InChI=1S/C17H17N5O/c18-15-14-12(9-5-2-1-3-6-9)13-10(7-4-8-11(13)23)20-16(14)22-17(19)21-15/h1-3,5-6,12H,4,7-8H2,(H5,18,19,20,21,22)/t12-/m1/s1. The van der Waals surface area contributed by atoms with Crippen molar-refractivity contribution in [1.82, 2.24) is 9.97 Å². The number of fused-ring (bicyclic) bond motifs is 1. The van der Waals surface area contributed by atoms with E-state index in [1.165, 1.54) is 0 Å². The first kappa shape index (κ1) is 13.8. The SMILES string of the molecule is Nc1nc(N)c2c(n1)NC1=C(C(=O)CCC1)[C@H]2c1ccccc1. The highest BCUT2D eigenvalue weighted by Crippen LogP contribution is 2.46.